The second-order valence-electron chi connectivity index (χ2n) is 11.4. The van der Waals surface area contributed by atoms with Crippen LogP contribution in [0.3, 0.4) is 0 Å². The first-order valence-corrected chi connectivity index (χ1v) is 19.1. The summed E-state index contributed by atoms with van der Waals surface area (Å²) in [5.41, 5.74) is 12.7. The average Bonchev–Trinajstić information content (AvgIpc) is 3.96. The third kappa shape index (κ3) is 11.1. The lowest BCUT2D eigenvalue weighted by atomic mass is 10.1. The zero-order chi connectivity index (χ0) is 40.2. The van der Waals surface area contributed by atoms with Gasteiger partial charge in [0.05, 0.1) is 53.0 Å². The number of alkyl halides is 1. The van der Waals surface area contributed by atoms with Crippen LogP contribution in [0, 0.1) is 0 Å². The van der Waals surface area contributed by atoms with Gasteiger partial charge in [-0.3, -0.25) is 24.1 Å². The number of carbonyl (C=O) groups is 3. The summed E-state index contributed by atoms with van der Waals surface area (Å²) in [5.74, 6) is -0.516. The number of aryl methyl sites for hydroxylation is 2. The number of fused-ring (bicyclic) bond motifs is 2. The Kier molecular flexibility index (Phi) is 14.2. The monoisotopic (exact) mass is 858 g/mol. The van der Waals surface area contributed by atoms with Crippen molar-refractivity contribution in [3.63, 3.8) is 0 Å². The van der Waals surface area contributed by atoms with Crippen molar-refractivity contribution in [3.8, 4) is 22.3 Å². The second-order valence-corrected chi connectivity index (χ2v) is 13.2. The number of nitrogens with two attached hydrogens (primary N) is 1. The quantitative estimate of drug-likeness (QED) is 0.0659. The molecule has 0 fully saturated rings. The molecule has 7 rings (SSSR count). The maximum absolute atomic E-state index is 11.7. The molecule has 0 atom stereocenters. The molecule has 288 valence electrons. The summed E-state index contributed by atoms with van der Waals surface area (Å²) in [7, 11) is 3.75. The van der Waals surface area contributed by atoms with Crippen molar-refractivity contribution in [3.05, 3.63) is 84.7 Å². The number of nitrogens with one attached hydrogen (secondary N) is 2. The molecule has 56 heavy (non-hydrogen) atoms. The molecule has 0 bridgehead atoms. The molecule has 0 unspecified atom stereocenters. The van der Waals surface area contributed by atoms with Crippen molar-refractivity contribution in [1.29, 1.82) is 0 Å². The number of hydrogen-bond acceptors (Lipinski definition) is 15. The second kappa shape index (κ2) is 19.4. The van der Waals surface area contributed by atoms with E-state index in [-0.39, 0.29) is 22.7 Å². The summed E-state index contributed by atoms with van der Waals surface area (Å²) < 4.78 is 12.8. The van der Waals surface area contributed by atoms with E-state index in [1.54, 1.807) is 53.2 Å². The maximum atomic E-state index is 11.7. The molecule has 0 saturated heterocycles. The molecule has 0 aromatic carbocycles. The Morgan fingerprint density at radius 3 is 1.84 bits per heavy atom. The fourth-order valence-electron chi connectivity index (χ4n) is 4.74. The number of carbonyl (C=O) groups excluding carboxylic acids is 3. The van der Waals surface area contributed by atoms with Crippen LogP contribution in [0.4, 0.5) is 16.8 Å². The highest BCUT2D eigenvalue weighted by atomic mass is 79.9. The van der Waals surface area contributed by atoms with Gasteiger partial charge in [-0.15, -0.1) is 11.3 Å². The van der Waals surface area contributed by atoms with Crippen LogP contribution in [0.2, 0.25) is 0 Å². The SMILES string of the molecule is CCOC(=O)C(=O)CBr.CCOC(=O)c1csc(Nc2ccc3ncc(-c4cnn(C)c4)cc3n2)n1.Cn1cc(-c2cnc3ccc(NC(N)=S)nc3c2)cn1. The summed E-state index contributed by atoms with van der Waals surface area (Å²) in [6.45, 7) is 3.98. The van der Waals surface area contributed by atoms with E-state index >= 15 is 0 Å². The molecule has 4 N–H and O–H groups in total. The fraction of sp³-hybridized carbons (Fsp3) is 0.194. The molecular weight excluding hydrogens is 825 g/mol. The Morgan fingerprint density at radius 1 is 0.786 bits per heavy atom. The van der Waals surface area contributed by atoms with Gasteiger partial charge in [0.15, 0.2) is 15.9 Å². The molecule has 7 aromatic heterocycles. The summed E-state index contributed by atoms with van der Waals surface area (Å²) in [6.07, 6.45) is 11.1. The van der Waals surface area contributed by atoms with Gasteiger partial charge in [-0.05, 0) is 62.5 Å². The third-order valence-electron chi connectivity index (χ3n) is 7.25. The number of thiazole rings is 1. The third-order valence-corrected chi connectivity index (χ3v) is 8.62. The lowest BCUT2D eigenvalue weighted by molar-refractivity contribution is -0.152. The smallest absolute Gasteiger partial charge is 0.375 e. The van der Waals surface area contributed by atoms with Gasteiger partial charge in [0.2, 0.25) is 5.78 Å². The van der Waals surface area contributed by atoms with Gasteiger partial charge in [0.1, 0.15) is 11.6 Å². The van der Waals surface area contributed by atoms with Crippen LogP contribution in [0.1, 0.15) is 24.3 Å². The maximum Gasteiger partial charge on any atom is 0.375 e. The summed E-state index contributed by atoms with van der Waals surface area (Å²) in [6, 6.07) is 11.3. The van der Waals surface area contributed by atoms with E-state index in [1.807, 2.05) is 63.0 Å². The highest BCUT2D eigenvalue weighted by Gasteiger charge is 2.13. The Balaban J connectivity index is 0.000000182. The van der Waals surface area contributed by atoms with E-state index in [1.165, 1.54) is 11.3 Å². The van der Waals surface area contributed by atoms with Gasteiger partial charge in [-0.1, -0.05) is 15.9 Å². The number of anilines is 3. The van der Waals surface area contributed by atoms with E-state index in [0.717, 1.165) is 44.3 Å². The van der Waals surface area contributed by atoms with Crippen LogP contribution in [-0.2, 0) is 33.2 Å². The molecule has 7 aromatic rings. The zero-order valence-electron chi connectivity index (χ0n) is 30.5. The first-order valence-electron chi connectivity index (χ1n) is 16.7. The predicted octanol–water partition coefficient (Wildman–Crippen LogP) is 5.61. The highest BCUT2D eigenvalue weighted by molar-refractivity contribution is 9.09. The van der Waals surface area contributed by atoms with E-state index in [2.05, 4.69) is 66.4 Å². The van der Waals surface area contributed by atoms with Crippen LogP contribution in [0.25, 0.3) is 44.3 Å². The number of thiocarbonyl (C=S) groups is 1. The molecule has 0 radical (unpaired) electrons. The van der Waals surface area contributed by atoms with Crippen molar-refractivity contribution in [2.75, 3.05) is 29.2 Å². The minimum atomic E-state index is -0.769. The number of halogens is 1. The number of aromatic nitrogens is 9. The van der Waals surface area contributed by atoms with E-state index in [4.69, 9.17) is 22.7 Å². The van der Waals surface area contributed by atoms with Crippen LogP contribution in [0.5, 0.6) is 0 Å². The lowest BCUT2D eigenvalue weighted by Crippen LogP contribution is -2.19. The van der Waals surface area contributed by atoms with Crippen molar-refractivity contribution in [1.82, 2.24) is 44.5 Å². The van der Waals surface area contributed by atoms with Crippen LogP contribution in [0.15, 0.2) is 79.0 Å². The molecule has 0 amide bonds. The molecule has 20 heteroatoms. The summed E-state index contributed by atoms with van der Waals surface area (Å²) in [5, 5.41) is 16.7. The number of hydrogen-bond donors (Lipinski definition) is 3. The number of pyridine rings is 4. The highest BCUT2D eigenvalue weighted by Crippen LogP contribution is 2.25. The predicted molar refractivity (Wildman–Crippen MR) is 221 cm³/mol. The first-order chi connectivity index (χ1) is 27.0. The number of rotatable bonds is 10. The topological polar surface area (TPSA) is 220 Å². The van der Waals surface area contributed by atoms with Crippen LogP contribution < -0.4 is 16.4 Å². The fourth-order valence-corrected chi connectivity index (χ4v) is 5.76. The van der Waals surface area contributed by atoms with Crippen molar-refractivity contribution in [2.45, 2.75) is 13.8 Å². The van der Waals surface area contributed by atoms with Gasteiger partial charge in [-0.2, -0.15) is 10.2 Å². The minimum Gasteiger partial charge on any atom is -0.461 e. The molecular formula is C36H35BrN12O5S2. The normalized spacial score (nSPS) is 10.4. The van der Waals surface area contributed by atoms with E-state index in [9.17, 15) is 14.4 Å². The molecule has 17 nitrogen and oxygen atoms in total. The average molecular weight is 860 g/mol. The molecule has 0 aliphatic rings. The Hall–Kier alpha value is -6.25. The van der Waals surface area contributed by atoms with Gasteiger partial charge < -0.3 is 25.8 Å². The lowest BCUT2D eigenvalue weighted by Gasteiger charge is -2.05. The summed E-state index contributed by atoms with van der Waals surface area (Å²) in [4.78, 5) is 54.6. The van der Waals surface area contributed by atoms with Gasteiger partial charge in [-0.25, -0.2) is 24.5 Å². The van der Waals surface area contributed by atoms with Crippen molar-refractivity contribution < 1.29 is 23.9 Å². The molecule has 7 heterocycles. The zero-order valence-corrected chi connectivity index (χ0v) is 33.7. The Labute approximate surface area is 337 Å². The number of Topliss-reactive ketones (excluding diaryl/α,β-unsaturated/α-hetero) is 1. The molecule has 0 aliphatic carbocycles. The van der Waals surface area contributed by atoms with Gasteiger partial charge in [0, 0.05) is 66.5 Å². The standard InChI is InChI=1S/C18H16N6O2S.C13H12N6S.C5H7BrO3/c1-3-26-17(25)15-10-27-18(22-15)23-16-5-4-13-14(21-16)6-11(7-19-13)12-8-20-24(2)9-12;1-19-7-9(6-16-19)8-4-11-10(15-5-8)2-3-12(17-11)18-13(14)20;1-2-9-5(8)4(7)3-6/h4-10H,3H2,1-2H3,(H,21,22,23);2-7H,1H3,(H3,14,17,18,20);2-3H2,1H3. The Morgan fingerprint density at radius 2 is 1.34 bits per heavy atom. The van der Waals surface area contributed by atoms with E-state index in [0.29, 0.717) is 23.4 Å². The van der Waals surface area contributed by atoms with Crippen molar-refractivity contribution >= 4 is 101 Å². The van der Waals surface area contributed by atoms with Crippen molar-refractivity contribution in [2.24, 2.45) is 19.8 Å². The van der Waals surface area contributed by atoms with E-state index < -0.39 is 17.7 Å². The number of ketones is 1. The van der Waals surface area contributed by atoms with Gasteiger partial charge in [0.25, 0.3) is 0 Å². The van der Waals surface area contributed by atoms with Crippen LogP contribution in [-0.4, -0.2) is 85.9 Å². The first kappa shape index (κ1) is 40.9. The number of ether oxygens (including phenoxy) is 2. The molecule has 0 spiro atoms. The minimum absolute atomic E-state index is 0.0336. The van der Waals surface area contributed by atoms with Crippen LogP contribution >= 0.6 is 39.5 Å². The number of esters is 2. The summed E-state index contributed by atoms with van der Waals surface area (Å²) >= 11 is 8.96. The molecule has 0 aliphatic heterocycles. The number of nitrogens with zero attached hydrogens (tertiary/aromatic N) is 9. The largest absolute Gasteiger partial charge is 0.461 e. The van der Waals surface area contributed by atoms with Gasteiger partial charge >= 0.3 is 11.9 Å². The Bertz CT molecular complexity index is 2500. The molecule has 0 saturated carbocycles.